The molecule has 0 saturated carbocycles. The number of carbonyl (C=O) groups excluding carboxylic acids is 1. The van der Waals surface area contributed by atoms with Crippen LogP contribution in [0.5, 0.6) is 0 Å². The number of sulfonamides is 1. The van der Waals surface area contributed by atoms with Crippen LogP contribution in [0, 0.1) is 5.92 Å². The summed E-state index contributed by atoms with van der Waals surface area (Å²) in [7, 11) is -3.61. The number of nitrogens with zero attached hydrogens (tertiary/aromatic N) is 2. The molecule has 26 heavy (non-hydrogen) atoms. The molecule has 0 spiro atoms. The van der Waals surface area contributed by atoms with Crippen LogP contribution in [0.3, 0.4) is 0 Å². The third-order valence-electron chi connectivity index (χ3n) is 4.65. The van der Waals surface area contributed by atoms with E-state index in [-0.39, 0.29) is 29.9 Å². The molecule has 1 atom stereocenters. The Morgan fingerprint density at radius 1 is 1.31 bits per heavy atom. The van der Waals surface area contributed by atoms with Gasteiger partial charge in [0.2, 0.25) is 15.9 Å². The number of rotatable bonds is 8. The summed E-state index contributed by atoms with van der Waals surface area (Å²) in [5, 5.41) is 9.23. The van der Waals surface area contributed by atoms with Crippen molar-refractivity contribution in [3.63, 3.8) is 0 Å². The van der Waals surface area contributed by atoms with Gasteiger partial charge >= 0.3 is 0 Å². The van der Waals surface area contributed by atoms with Crippen LogP contribution in [-0.2, 0) is 14.8 Å². The molecule has 1 N–H and O–H groups in total. The van der Waals surface area contributed by atoms with Gasteiger partial charge in [-0.25, -0.2) is 8.42 Å². The molecule has 8 heteroatoms. The predicted octanol–water partition coefficient (Wildman–Crippen LogP) is 2.47. The van der Waals surface area contributed by atoms with Gasteiger partial charge in [-0.2, -0.15) is 4.31 Å². The first-order valence-electron chi connectivity index (χ1n) is 9.05. The Labute approximate surface area is 164 Å². The van der Waals surface area contributed by atoms with E-state index in [1.807, 2.05) is 0 Å². The fourth-order valence-electron chi connectivity index (χ4n) is 3.18. The average Bonchev–Trinajstić information content (AvgIpc) is 2.65. The minimum Gasteiger partial charge on any atom is -0.395 e. The summed E-state index contributed by atoms with van der Waals surface area (Å²) in [6, 6.07) is 6.55. The second-order valence-electron chi connectivity index (χ2n) is 6.56. The van der Waals surface area contributed by atoms with E-state index in [2.05, 4.69) is 22.9 Å². The Bertz CT molecular complexity index is 694. The molecule has 1 amide bonds. The fraction of sp³-hybridized carbons (Fsp3) is 0.611. The highest BCUT2D eigenvalue weighted by Crippen LogP contribution is 2.26. The lowest BCUT2D eigenvalue weighted by Crippen LogP contribution is -2.47. The Kier molecular flexibility index (Phi) is 8.06. The standard InChI is InChI=1S/C18H27BrN2O4S/c1-2-3-10-20(12-13-22)18(23)15-5-4-11-21(14-15)26(24,25)17-8-6-16(19)7-9-17/h6-9,15,22H,2-5,10-14H2,1H3. The summed E-state index contributed by atoms with van der Waals surface area (Å²) >= 11 is 3.31. The number of carbonyl (C=O) groups is 1. The van der Waals surface area contributed by atoms with E-state index in [0.717, 1.165) is 17.3 Å². The van der Waals surface area contributed by atoms with Crippen molar-refractivity contribution in [2.24, 2.45) is 5.92 Å². The van der Waals surface area contributed by atoms with Crippen LogP contribution in [0.25, 0.3) is 0 Å². The molecule has 1 fully saturated rings. The number of aliphatic hydroxyl groups is 1. The zero-order valence-corrected chi connectivity index (χ0v) is 17.5. The van der Waals surface area contributed by atoms with Gasteiger partial charge in [0.15, 0.2) is 0 Å². The second kappa shape index (κ2) is 9.82. The van der Waals surface area contributed by atoms with Gasteiger partial charge < -0.3 is 10.0 Å². The number of piperidine rings is 1. The summed E-state index contributed by atoms with van der Waals surface area (Å²) in [4.78, 5) is 14.7. The summed E-state index contributed by atoms with van der Waals surface area (Å²) in [6.07, 6.45) is 3.18. The van der Waals surface area contributed by atoms with Crippen molar-refractivity contribution in [1.29, 1.82) is 0 Å². The van der Waals surface area contributed by atoms with E-state index in [0.29, 0.717) is 32.5 Å². The van der Waals surface area contributed by atoms with Crippen LogP contribution in [0.15, 0.2) is 33.6 Å². The highest BCUT2D eigenvalue weighted by atomic mass is 79.9. The molecule has 1 aromatic rings. The number of hydrogen-bond donors (Lipinski definition) is 1. The predicted molar refractivity (Wildman–Crippen MR) is 104 cm³/mol. The normalized spacial score (nSPS) is 18.7. The summed E-state index contributed by atoms with van der Waals surface area (Å²) in [6.45, 7) is 3.50. The van der Waals surface area contributed by atoms with Crippen molar-refractivity contribution in [2.45, 2.75) is 37.5 Å². The van der Waals surface area contributed by atoms with Crippen molar-refractivity contribution in [2.75, 3.05) is 32.8 Å². The molecule has 1 aliphatic rings. The number of benzene rings is 1. The number of hydrogen-bond acceptors (Lipinski definition) is 4. The zero-order chi connectivity index (χ0) is 19.2. The van der Waals surface area contributed by atoms with E-state index in [1.54, 1.807) is 29.2 Å². The molecule has 6 nitrogen and oxygen atoms in total. The highest BCUT2D eigenvalue weighted by Gasteiger charge is 2.34. The van der Waals surface area contributed by atoms with E-state index < -0.39 is 10.0 Å². The topological polar surface area (TPSA) is 77.9 Å². The van der Waals surface area contributed by atoms with E-state index >= 15 is 0 Å². The number of aliphatic hydroxyl groups excluding tert-OH is 1. The van der Waals surface area contributed by atoms with Gasteiger partial charge in [0.05, 0.1) is 17.4 Å². The first-order valence-corrected chi connectivity index (χ1v) is 11.3. The van der Waals surface area contributed by atoms with Gasteiger partial charge in [-0.05, 0) is 43.5 Å². The molecule has 0 bridgehead atoms. The Morgan fingerprint density at radius 2 is 2.00 bits per heavy atom. The van der Waals surface area contributed by atoms with Crippen LogP contribution < -0.4 is 0 Å². The van der Waals surface area contributed by atoms with Crippen LogP contribution in [-0.4, -0.2) is 61.4 Å². The van der Waals surface area contributed by atoms with Crippen LogP contribution in [0.1, 0.15) is 32.6 Å². The minimum absolute atomic E-state index is 0.0526. The van der Waals surface area contributed by atoms with Gasteiger partial charge in [0.25, 0.3) is 0 Å². The minimum atomic E-state index is -3.61. The van der Waals surface area contributed by atoms with E-state index in [1.165, 1.54) is 4.31 Å². The van der Waals surface area contributed by atoms with Gasteiger partial charge in [-0.3, -0.25) is 4.79 Å². The monoisotopic (exact) mass is 446 g/mol. The molecule has 2 rings (SSSR count). The van der Waals surface area contributed by atoms with Gasteiger partial charge in [-0.1, -0.05) is 29.3 Å². The lowest BCUT2D eigenvalue weighted by atomic mass is 9.98. The van der Waals surface area contributed by atoms with E-state index in [4.69, 9.17) is 0 Å². The first-order chi connectivity index (χ1) is 12.4. The highest BCUT2D eigenvalue weighted by molar-refractivity contribution is 9.10. The van der Waals surface area contributed by atoms with E-state index in [9.17, 15) is 18.3 Å². The Balaban J connectivity index is 2.12. The SMILES string of the molecule is CCCCN(CCO)C(=O)C1CCCN(S(=O)(=O)c2ccc(Br)cc2)C1. The molecule has 1 heterocycles. The summed E-state index contributed by atoms with van der Waals surface area (Å²) in [5.41, 5.74) is 0. The quantitative estimate of drug-likeness (QED) is 0.664. The largest absolute Gasteiger partial charge is 0.395 e. The molecule has 146 valence electrons. The number of halogens is 1. The third-order valence-corrected chi connectivity index (χ3v) is 7.06. The van der Waals surface area contributed by atoms with Crippen molar-refractivity contribution >= 4 is 31.9 Å². The molecule has 1 aromatic carbocycles. The number of amides is 1. The maximum Gasteiger partial charge on any atom is 0.243 e. The van der Waals surface area contributed by atoms with Crippen molar-refractivity contribution in [3.8, 4) is 0 Å². The van der Waals surface area contributed by atoms with Crippen LogP contribution >= 0.6 is 15.9 Å². The molecule has 1 saturated heterocycles. The molecule has 0 aliphatic carbocycles. The smallest absolute Gasteiger partial charge is 0.243 e. The molecular formula is C18H27BrN2O4S. The molecule has 0 radical (unpaired) electrons. The molecular weight excluding hydrogens is 420 g/mol. The van der Waals surface area contributed by atoms with Crippen molar-refractivity contribution < 1.29 is 18.3 Å². The maximum absolute atomic E-state index is 12.9. The van der Waals surface area contributed by atoms with Crippen molar-refractivity contribution in [3.05, 3.63) is 28.7 Å². The maximum atomic E-state index is 12.9. The third kappa shape index (κ3) is 5.28. The van der Waals surface area contributed by atoms with Crippen LogP contribution in [0.4, 0.5) is 0 Å². The van der Waals surface area contributed by atoms with Gasteiger partial charge in [-0.15, -0.1) is 0 Å². The zero-order valence-electron chi connectivity index (χ0n) is 15.1. The second-order valence-corrected chi connectivity index (χ2v) is 9.41. The molecule has 0 aromatic heterocycles. The lowest BCUT2D eigenvalue weighted by molar-refractivity contribution is -0.137. The number of unbranched alkanes of at least 4 members (excludes halogenated alkanes) is 1. The Morgan fingerprint density at radius 3 is 2.62 bits per heavy atom. The Hall–Kier alpha value is -0.960. The molecule has 1 aliphatic heterocycles. The lowest BCUT2D eigenvalue weighted by Gasteiger charge is -2.34. The fourth-order valence-corrected chi connectivity index (χ4v) is 4.97. The van der Waals surface area contributed by atoms with Crippen LogP contribution in [0.2, 0.25) is 0 Å². The summed E-state index contributed by atoms with van der Waals surface area (Å²) in [5.74, 6) is -0.402. The average molecular weight is 447 g/mol. The summed E-state index contributed by atoms with van der Waals surface area (Å²) < 4.78 is 28.0. The van der Waals surface area contributed by atoms with Gasteiger partial charge in [0.1, 0.15) is 0 Å². The van der Waals surface area contributed by atoms with Crippen molar-refractivity contribution in [1.82, 2.24) is 9.21 Å². The van der Waals surface area contributed by atoms with Gasteiger partial charge in [0, 0.05) is 30.7 Å². The first kappa shape index (κ1) is 21.3. The molecule has 1 unspecified atom stereocenters.